The quantitative estimate of drug-likeness (QED) is 0.932. The Morgan fingerprint density at radius 1 is 1.10 bits per heavy atom. The number of ether oxygens (including phenoxy) is 1. The minimum Gasteiger partial charge on any atom is -0.497 e. The maximum Gasteiger partial charge on any atom is 0.118 e. The smallest absolute Gasteiger partial charge is 0.118 e. The number of hydrogen-bond donors (Lipinski definition) is 1. The Kier molecular flexibility index (Phi) is 5.27. The maximum absolute atomic E-state index is 5.23. The average Bonchev–Trinajstić information content (AvgIpc) is 2.86. The van der Waals surface area contributed by atoms with Crippen LogP contribution in [0.2, 0.25) is 0 Å². The molecule has 3 rings (SSSR count). The third-order valence-electron chi connectivity index (χ3n) is 4.37. The molecule has 0 saturated heterocycles. The first-order valence-corrected chi connectivity index (χ1v) is 7.20. The van der Waals surface area contributed by atoms with Gasteiger partial charge in [-0.2, -0.15) is 0 Å². The number of benzene rings is 2. The van der Waals surface area contributed by atoms with E-state index in [2.05, 4.69) is 48.8 Å². The van der Waals surface area contributed by atoms with Gasteiger partial charge in [0.05, 0.1) is 7.11 Å². The zero-order chi connectivity index (χ0) is 13.9. The largest absolute Gasteiger partial charge is 0.497 e. The molecule has 0 heterocycles. The van der Waals surface area contributed by atoms with Gasteiger partial charge in [-0.25, -0.2) is 0 Å². The van der Waals surface area contributed by atoms with Gasteiger partial charge in [-0.3, -0.25) is 0 Å². The normalized spacial score (nSPS) is 19.7. The standard InChI is InChI=1S/C18H21NO.ClH/c1-19-18-12-14-5-3-4-6-16(14)17(18)11-13-7-9-15(20-2)10-8-13;/h3-10,17-19H,11-12H2,1-2H3;1H/t17-,18+;/m1./s1. The summed E-state index contributed by atoms with van der Waals surface area (Å²) in [4.78, 5) is 0. The molecule has 112 valence electrons. The zero-order valence-electron chi connectivity index (χ0n) is 12.5. The van der Waals surface area contributed by atoms with Crippen molar-refractivity contribution in [3.8, 4) is 5.75 Å². The van der Waals surface area contributed by atoms with Crippen LogP contribution in [0.15, 0.2) is 48.5 Å². The molecule has 2 nitrogen and oxygen atoms in total. The van der Waals surface area contributed by atoms with E-state index in [-0.39, 0.29) is 12.4 Å². The van der Waals surface area contributed by atoms with Crippen LogP contribution in [-0.4, -0.2) is 20.2 Å². The fourth-order valence-corrected chi connectivity index (χ4v) is 3.25. The van der Waals surface area contributed by atoms with Crippen molar-refractivity contribution in [2.24, 2.45) is 0 Å². The van der Waals surface area contributed by atoms with Gasteiger partial charge in [0.25, 0.3) is 0 Å². The molecule has 0 aromatic heterocycles. The Bertz CT molecular complexity index is 582. The van der Waals surface area contributed by atoms with Gasteiger partial charge in [-0.05, 0) is 48.7 Å². The lowest BCUT2D eigenvalue weighted by Gasteiger charge is -2.20. The molecule has 2 aromatic rings. The van der Waals surface area contributed by atoms with E-state index < -0.39 is 0 Å². The van der Waals surface area contributed by atoms with Crippen LogP contribution in [0.1, 0.15) is 22.6 Å². The van der Waals surface area contributed by atoms with Gasteiger partial charge in [-0.1, -0.05) is 36.4 Å². The fraction of sp³-hybridized carbons (Fsp3) is 0.333. The summed E-state index contributed by atoms with van der Waals surface area (Å²) in [5.41, 5.74) is 4.36. The van der Waals surface area contributed by atoms with Gasteiger partial charge >= 0.3 is 0 Å². The Hall–Kier alpha value is -1.51. The second-order valence-corrected chi connectivity index (χ2v) is 5.46. The second kappa shape index (κ2) is 6.97. The third-order valence-corrected chi connectivity index (χ3v) is 4.37. The highest BCUT2D eigenvalue weighted by molar-refractivity contribution is 5.85. The van der Waals surface area contributed by atoms with Crippen LogP contribution >= 0.6 is 12.4 Å². The van der Waals surface area contributed by atoms with Crippen molar-refractivity contribution in [3.63, 3.8) is 0 Å². The number of methoxy groups -OCH3 is 1. The van der Waals surface area contributed by atoms with Gasteiger partial charge in [0.2, 0.25) is 0 Å². The first-order valence-electron chi connectivity index (χ1n) is 7.20. The van der Waals surface area contributed by atoms with Crippen LogP contribution in [0.3, 0.4) is 0 Å². The van der Waals surface area contributed by atoms with Crippen LogP contribution < -0.4 is 10.1 Å². The lowest BCUT2D eigenvalue weighted by Crippen LogP contribution is -2.30. The zero-order valence-corrected chi connectivity index (χ0v) is 13.3. The van der Waals surface area contributed by atoms with E-state index in [4.69, 9.17) is 4.74 Å². The van der Waals surface area contributed by atoms with Crippen molar-refractivity contribution in [1.82, 2.24) is 5.32 Å². The first-order chi connectivity index (χ1) is 9.81. The fourth-order valence-electron chi connectivity index (χ4n) is 3.25. The third kappa shape index (κ3) is 3.22. The minimum atomic E-state index is 0. The molecular weight excluding hydrogens is 282 g/mol. The molecule has 0 radical (unpaired) electrons. The summed E-state index contributed by atoms with van der Waals surface area (Å²) in [7, 11) is 3.77. The number of nitrogens with one attached hydrogen (secondary N) is 1. The Morgan fingerprint density at radius 2 is 1.81 bits per heavy atom. The van der Waals surface area contributed by atoms with Crippen LogP contribution in [0.5, 0.6) is 5.75 Å². The molecule has 0 aliphatic heterocycles. The van der Waals surface area contributed by atoms with Crippen molar-refractivity contribution < 1.29 is 4.74 Å². The van der Waals surface area contributed by atoms with Gasteiger partial charge < -0.3 is 10.1 Å². The molecule has 0 saturated carbocycles. The average molecular weight is 304 g/mol. The Morgan fingerprint density at radius 3 is 2.48 bits per heavy atom. The molecule has 0 bridgehead atoms. The summed E-state index contributed by atoms with van der Waals surface area (Å²) in [6.07, 6.45) is 2.21. The number of halogens is 1. The summed E-state index contributed by atoms with van der Waals surface area (Å²) in [6.45, 7) is 0. The summed E-state index contributed by atoms with van der Waals surface area (Å²) < 4.78 is 5.23. The predicted octanol–water partition coefficient (Wildman–Crippen LogP) is 3.59. The second-order valence-electron chi connectivity index (χ2n) is 5.46. The molecule has 2 atom stereocenters. The van der Waals surface area contributed by atoms with E-state index in [0.717, 1.165) is 18.6 Å². The van der Waals surface area contributed by atoms with E-state index in [1.54, 1.807) is 7.11 Å². The molecule has 1 aliphatic carbocycles. The van der Waals surface area contributed by atoms with Crippen LogP contribution in [0, 0.1) is 0 Å². The van der Waals surface area contributed by atoms with E-state index in [1.165, 1.54) is 16.7 Å². The van der Waals surface area contributed by atoms with Crippen LogP contribution in [0.4, 0.5) is 0 Å². The highest BCUT2D eigenvalue weighted by Crippen LogP contribution is 2.35. The van der Waals surface area contributed by atoms with Crippen LogP contribution in [0.25, 0.3) is 0 Å². The Labute approximate surface area is 132 Å². The van der Waals surface area contributed by atoms with E-state index in [0.29, 0.717) is 12.0 Å². The summed E-state index contributed by atoms with van der Waals surface area (Å²) in [5.74, 6) is 1.48. The molecule has 0 spiro atoms. The predicted molar refractivity (Wildman–Crippen MR) is 89.7 cm³/mol. The summed E-state index contributed by atoms with van der Waals surface area (Å²) in [5, 5.41) is 3.48. The lowest BCUT2D eigenvalue weighted by atomic mass is 9.91. The molecule has 21 heavy (non-hydrogen) atoms. The van der Waals surface area contributed by atoms with E-state index in [1.807, 2.05) is 12.1 Å². The molecule has 2 aromatic carbocycles. The highest BCUT2D eigenvalue weighted by atomic mass is 35.5. The number of rotatable bonds is 4. The van der Waals surface area contributed by atoms with Crippen molar-refractivity contribution in [2.75, 3.05) is 14.2 Å². The van der Waals surface area contributed by atoms with Gasteiger partial charge in [-0.15, -0.1) is 12.4 Å². The van der Waals surface area contributed by atoms with Crippen molar-refractivity contribution in [3.05, 3.63) is 65.2 Å². The maximum atomic E-state index is 5.23. The monoisotopic (exact) mass is 303 g/mol. The molecule has 0 unspecified atom stereocenters. The van der Waals surface area contributed by atoms with Crippen LogP contribution in [-0.2, 0) is 12.8 Å². The summed E-state index contributed by atoms with van der Waals surface area (Å²) in [6, 6.07) is 17.8. The Balaban J connectivity index is 0.00000161. The number of likely N-dealkylation sites (N-methyl/N-ethyl adjacent to an activating group) is 1. The van der Waals surface area contributed by atoms with Crippen molar-refractivity contribution in [1.29, 1.82) is 0 Å². The molecule has 0 amide bonds. The highest BCUT2D eigenvalue weighted by Gasteiger charge is 2.30. The molecule has 1 N–H and O–H groups in total. The first kappa shape index (κ1) is 15.9. The van der Waals surface area contributed by atoms with Crippen molar-refractivity contribution >= 4 is 12.4 Å². The topological polar surface area (TPSA) is 21.3 Å². The van der Waals surface area contributed by atoms with Gasteiger partial charge in [0, 0.05) is 12.0 Å². The molecule has 3 heteroatoms. The van der Waals surface area contributed by atoms with Gasteiger partial charge in [0.15, 0.2) is 0 Å². The number of hydrogen-bond acceptors (Lipinski definition) is 2. The molecular formula is C18H22ClNO. The minimum absolute atomic E-state index is 0. The van der Waals surface area contributed by atoms with Gasteiger partial charge in [0.1, 0.15) is 5.75 Å². The molecule has 1 aliphatic rings. The van der Waals surface area contributed by atoms with E-state index >= 15 is 0 Å². The molecule has 0 fully saturated rings. The number of fused-ring (bicyclic) bond motifs is 1. The van der Waals surface area contributed by atoms with Crippen molar-refractivity contribution in [2.45, 2.75) is 24.8 Å². The summed E-state index contributed by atoms with van der Waals surface area (Å²) >= 11 is 0. The SMILES string of the molecule is CN[C@H]1Cc2ccccc2[C@H]1Cc1ccc(OC)cc1.Cl. The van der Waals surface area contributed by atoms with E-state index in [9.17, 15) is 0 Å². The lowest BCUT2D eigenvalue weighted by molar-refractivity contribution is 0.414.